The number of hydrogen-bond donors (Lipinski definition) is 2. The van der Waals surface area contributed by atoms with E-state index in [0.717, 1.165) is 4.57 Å². The van der Waals surface area contributed by atoms with Crippen molar-refractivity contribution in [2.24, 2.45) is 7.05 Å². The molecule has 3 heterocycles. The number of carboxylic acids is 1. The van der Waals surface area contributed by atoms with E-state index >= 15 is 0 Å². The van der Waals surface area contributed by atoms with E-state index in [0.29, 0.717) is 29.8 Å². The number of alkyl carbamates (subject to hydrolysis) is 1. The van der Waals surface area contributed by atoms with Gasteiger partial charge in [0.2, 0.25) is 0 Å². The molecule has 11 nitrogen and oxygen atoms in total. The Bertz CT molecular complexity index is 1140. The minimum absolute atomic E-state index is 0.0627. The van der Waals surface area contributed by atoms with Crippen LogP contribution in [0.5, 0.6) is 0 Å². The number of carbonyl (C=O) groups excluding carboxylic acids is 1. The van der Waals surface area contributed by atoms with Crippen LogP contribution in [0.25, 0.3) is 5.82 Å². The molecule has 1 amide bonds. The van der Waals surface area contributed by atoms with E-state index in [1.54, 1.807) is 33.9 Å². The number of pyridine rings is 1. The fourth-order valence-corrected chi connectivity index (χ4v) is 3.38. The zero-order valence-corrected chi connectivity index (χ0v) is 18.4. The average molecular weight is 446 g/mol. The first kappa shape index (κ1) is 23.2. The summed E-state index contributed by atoms with van der Waals surface area (Å²) in [5.41, 5.74) is -0.226. The van der Waals surface area contributed by atoms with E-state index in [1.165, 1.54) is 16.8 Å². The number of fused-ring (bicyclic) bond motifs is 1. The smallest absolute Gasteiger partial charge is 0.408 e. The number of amides is 1. The quantitative estimate of drug-likeness (QED) is 0.677. The van der Waals surface area contributed by atoms with Crippen molar-refractivity contribution >= 4 is 12.1 Å². The fourth-order valence-electron chi connectivity index (χ4n) is 3.38. The van der Waals surface area contributed by atoms with Crippen molar-refractivity contribution in [3.63, 3.8) is 0 Å². The summed E-state index contributed by atoms with van der Waals surface area (Å²) in [4.78, 5) is 53.3. The number of nitrogens with zero attached hydrogens (tertiary/aromatic N) is 3. The maximum atomic E-state index is 12.9. The Morgan fingerprint density at radius 3 is 2.62 bits per heavy atom. The molecule has 0 aliphatic carbocycles. The number of carboxylic acid groups (broad SMARTS) is 1. The van der Waals surface area contributed by atoms with Gasteiger partial charge in [-0.25, -0.2) is 23.9 Å². The van der Waals surface area contributed by atoms with E-state index in [1.807, 2.05) is 0 Å². The summed E-state index contributed by atoms with van der Waals surface area (Å²) >= 11 is 0. The van der Waals surface area contributed by atoms with E-state index in [-0.39, 0.29) is 18.8 Å². The van der Waals surface area contributed by atoms with Crippen LogP contribution in [0.4, 0.5) is 4.79 Å². The molecule has 2 aromatic heterocycles. The van der Waals surface area contributed by atoms with Crippen LogP contribution in [-0.2, 0) is 40.8 Å². The molecular formula is C21H26N4O7. The lowest BCUT2D eigenvalue weighted by atomic mass is 10.1. The molecule has 0 spiro atoms. The summed E-state index contributed by atoms with van der Waals surface area (Å²) in [6.45, 7) is 5.58. The average Bonchev–Trinajstić information content (AvgIpc) is 2.71. The molecule has 0 fully saturated rings. The molecule has 3 rings (SSSR count). The van der Waals surface area contributed by atoms with Gasteiger partial charge in [-0.15, -0.1) is 0 Å². The molecule has 1 aliphatic rings. The lowest BCUT2D eigenvalue weighted by Crippen LogP contribution is -2.44. The molecule has 0 bridgehead atoms. The van der Waals surface area contributed by atoms with Crippen LogP contribution in [0.1, 0.15) is 37.6 Å². The monoisotopic (exact) mass is 446 g/mol. The lowest BCUT2D eigenvalue weighted by molar-refractivity contribution is -0.139. The van der Waals surface area contributed by atoms with Crippen LogP contribution >= 0.6 is 0 Å². The Kier molecular flexibility index (Phi) is 6.49. The van der Waals surface area contributed by atoms with Gasteiger partial charge in [0.25, 0.3) is 5.56 Å². The van der Waals surface area contributed by atoms with Crippen molar-refractivity contribution < 1.29 is 24.2 Å². The number of carbonyl (C=O) groups is 2. The molecule has 0 radical (unpaired) electrons. The molecule has 11 heteroatoms. The first-order valence-electron chi connectivity index (χ1n) is 10.1. The predicted molar refractivity (Wildman–Crippen MR) is 113 cm³/mol. The molecule has 0 saturated heterocycles. The van der Waals surface area contributed by atoms with Gasteiger partial charge >= 0.3 is 17.8 Å². The number of aliphatic carboxylic acids is 1. The fraction of sp³-hybridized carbons (Fsp3) is 0.476. The standard InChI is InChI=1S/C21H26N4O7/c1-21(2,3)32-19(29)23-14(18(27)28)9-12-5-6-16(22-10-12)25-17(26)13-11-31-8-7-15(13)24(4)20(25)30/h5-6,10,14H,7-9,11H2,1-4H3,(H,23,29)(H,27,28)/t14-/m0/s1. The van der Waals surface area contributed by atoms with Crippen molar-refractivity contribution in [1.29, 1.82) is 0 Å². The first-order chi connectivity index (χ1) is 15.0. The highest BCUT2D eigenvalue weighted by Gasteiger charge is 2.25. The molecule has 172 valence electrons. The van der Waals surface area contributed by atoms with Crippen LogP contribution in [0.3, 0.4) is 0 Å². The van der Waals surface area contributed by atoms with Crippen LogP contribution in [0.2, 0.25) is 0 Å². The van der Waals surface area contributed by atoms with Gasteiger partial charge in [-0.2, -0.15) is 0 Å². The van der Waals surface area contributed by atoms with Gasteiger partial charge in [-0.05, 0) is 32.4 Å². The molecule has 2 aromatic rings. The summed E-state index contributed by atoms with van der Waals surface area (Å²) in [7, 11) is 1.59. The van der Waals surface area contributed by atoms with E-state index in [4.69, 9.17) is 9.47 Å². The maximum absolute atomic E-state index is 12.9. The minimum atomic E-state index is -1.24. The molecule has 1 atom stereocenters. The van der Waals surface area contributed by atoms with E-state index < -0.39 is 35.0 Å². The summed E-state index contributed by atoms with van der Waals surface area (Å²) < 4.78 is 12.8. The second-order valence-corrected chi connectivity index (χ2v) is 8.48. The van der Waals surface area contributed by atoms with Gasteiger partial charge in [-0.1, -0.05) is 6.07 Å². The number of ether oxygens (including phenoxy) is 2. The van der Waals surface area contributed by atoms with Crippen molar-refractivity contribution in [2.45, 2.75) is 51.9 Å². The molecule has 1 aliphatic heterocycles. The molecule has 0 unspecified atom stereocenters. The van der Waals surface area contributed by atoms with Gasteiger partial charge in [0.1, 0.15) is 17.5 Å². The maximum Gasteiger partial charge on any atom is 0.408 e. The topological polar surface area (TPSA) is 142 Å². The normalized spacial score (nSPS) is 14.4. The Balaban J connectivity index is 1.84. The van der Waals surface area contributed by atoms with Crippen LogP contribution in [-0.4, -0.2) is 49.5 Å². The molecule has 2 N–H and O–H groups in total. The SMILES string of the molecule is Cn1c2c(c(=O)n(-c3ccc(C[C@H](NC(=O)OC(C)(C)C)C(=O)O)cn3)c1=O)COCC2. The lowest BCUT2D eigenvalue weighted by Gasteiger charge is -2.22. The second kappa shape index (κ2) is 8.95. The zero-order valence-electron chi connectivity index (χ0n) is 18.4. The third-order valence-corrected chi connectivity index (χ3v) is 4.89. The van der Waals surface area contributed by atoms with Crippen LogP contribution in [0.15, 0.2) is 27.9 Å². The second-order valence-electron chi connectivity index (χ2n) is 8.48. The Morgan fingerprint density at radius 2 is 2.03 bits per heavy atom. The highest BCUT2D eigenvalue weighted by molar-refractivity contribution is 5.80. The molecule has 0 aromatic carbocycles. The third kappa shape index (κ3) is 5.05. The Hall–Kier alpha value is -3.47. The summed E-state index contributed by atoms with van der Waals surface area (Å²) in [5, 5.41) is 11.8. The summed E-state index contributed by atoms with van der Waals surface area (Å²) in [6.07, 6.45) is 0.933. The third-order valence-electron chi connectivity index (χ3n) is 4.89. The minimum Gasteiger partial charge on any atom is -0.480 e. The molecular weight excluding hydrogens is 420 g/mol. The number of rotatable bonds is 5. The number of aromatic nitrogens is 3. The van der Waals surface area contributed by atoms with Crippen LogP contribution < -0.4 is 16.6 Å². The van der Waals surface area contributed by atoms with Gasteiger partial charge in [-0.3, -0.25) is 9.36 Å². The highest BCUT2D eigenvalue weighted by Crippen LogP contribution is 2.13. The number of hydrogen-bond acceptors (Lipinski definition) is 7. The summed E-state index contributed by atoms with van der Waals surface area (Å²) in [5.74, 6) is -1.13. The van der Waals surface area contributed by atoms with Crippen LogP contribution in [0, 0.1) is 0 Å². The van der Waals surface area contributed by atoms with E-state index in [2.05, 4.69) is 10.3 Å². The molecule has 32 heavy (non-hydrogen) atoms. The van der Waals surface area contributed by atoms with Crippen molar-refractivity contribution in [1.82, 2.24) is 19.4 Å². The number of nitrogens with one attached hydrogen (secondary N) is 1. The largest absolute Gasteiger partial charge is 0.480 e. The van der Waals surface area contributed by atoms with Gasteiger partial charge in [0.05, 0.1) is 18.8 Å². The zero-order chi connectivity index (χ0) is 23.6. The Labute approximate surface area is 183 Å². The van der Waals surface area contributed by atoms with Crippen molar-refractivity contribution in [3.8, 4) is 5.82 Å². The van der Waals surface area contributed by atoms with Gasteiger partial charge in [0.15, 0.2) is 0 Å². The van der Waals surface area contributed by atoms with E-state index in [9.17, 15) is 24.3 Å². The Morgan fingerprint density at radius 1 is 1.31 bits per heavy atom. The van der Waals surface area contributed by atoms with Gasteiger partial charge in [0, 0.05) is 31.8 Å². The van der Waals surface area contributed by atoms with Gasteiger partial charge < -0.3 is 19.9 Å². The van der Waals surface area contributed by atoms with Crippen molar-refractivity contribution in [2.75, 3.05) is 6.61 Å². The summed E-state index contributed by atoms with van der Waals surface area (Å²) in [6, 6.07) is 1.77. The highest BCUT2D eigenvalue weighted by atomic mass is 16.6. The predicted octanol–water partition coefficient (Wildman–Crippen LogP) is 0.524. The van der Waals surface area contributed by atoms with Crippen molar-refractivity contribution in [3.05, 3.63) is 56.0 Å². The molecule has 0 saturated carbocycles. The first-order valence-corrected chi connectivity index (χ1v) is 10.1.